The molecule has 1 N–H and O–H groups in total. The molecule has 2 aromatic rings. The first-order valence-corrected chi connectivity index (χ1v) is 10.7. The van der Waals surface area contributed by atoms with Gasteiger partial charge in [-0.25, -0.2) is 4.79 Å². The minimum Gasteiger partial charge on any atom is -0.490 e. The van der Waals surface area contributed by atoms with Crippen molar-refractivity contribution in [3.05, 3.63) is 52.5 Å². The summed E-state index contributed by atoms with van der Waals surface area (Å²) in [6.45, 7) is 5.25. The molecule has 1 aliphatic heterocycles. The monoisotopic (exact) mass is 446 g/mol. The van der Waals surface area contributed by atoms with Crippen LogP contribution in [0.3, 0.4) is 0 Å². The number of carbonyl (C=O) groups excluding carboxylic acids is 2. The van der Waals surface area contributed by atoms with E-state index in [4.69, 9.17) is 25.8 Å². The van der Waals surface area contributed by atoms with Gasteiger partial charge in [0.1, 0.15) is 0 Å². The summed E-state index contributed by atoms with van der Waals surface area (Å²) in [6, 6.07) is 9.91. The summed E-state index contributed by atoms with van der Waals surface area (Å²) >= 11 is 5.93. The molecule has 1 aliphatic rings. The zero-order valence-electron chi connectivity index (χ0n) is 17.9. The summed E-state index contributed by atoms with van der Waals surface area (Å²) < 4.78 is 16.4. The lowest BCUT2D eigenvalue weighted by Gasteiger charge is -2.37. The largest absolute Gasteiger partial charge is 0.490 e. The average Bonchev–Trinajstić information content (AvgIpc) is 2.76. The van der Waals surface area contributed by atoms with Crippen LogP contribution in [-0.2, 0) is 16.0 Å². The molecule has 0 saturated carbocycles. The second-order valence-corrected chi connectivity index (χ2v) is 7.48. The number of benzene rings is 2. The molecule has 8 heteroatoms. The van der Waals surface area contributed by atoms with Crippen LogP contribution in [0.2, 0.25) is 5.02 Å². The van der Waals surface area contributed by atoms with Gasteiger partial charge >= 0.3 is 12.0 Å². The molecule has 31 heavy (non-hydrogen) atoms. The summed E-state index contributed by atoms with van der Waals surface area (Å²) in [5.41, 5.74) is 2.50. The number of amides is 2. The topological polar surface area (TPSA) is 77.1 Å². The van der Waals surface area contributed by atoms with Crippen molar-refractivity contribution >= 4 is 29.3 Å². The molecule has 2 amide bonds. The smallest absolute Gasteiger partial charge is 0.322 e. The normalized spacial score (nSPS) is 15.1. The summed E-state index contributed by atoms with van der Waals surface area (Å²) in [6.07, 6.45) is 0.671. The number of halogens is 1. The van der Waals surface area contributed by atoms with E-state index in [-0.39, 0.29) is 12.5 Å². The maximum atomic E-state index is 13.1. The predicted octanol–water partition coefficient (Wildman–Crippen LogP) is 4.83. The van der Waals surface area contributed by atoms with Crippen LogP contribution >= 0.6 is 11.6 Å². The number of rotatable bonds is 7. The van der Waals surface area contributed by atoms with E-state index in [1.54, 1.807) is 29.2 Å². The Hall–Kier alpha value is -2.93. The average molecular weight is 447 g/mol. The number of hydrogen-bond acceptors (Lipinski definition) is 5. The Balaban J connectivity index is 1.94. The third-order valence-corrected chi connectivity index (χ3v) is 5.36. The first-order valence-electron chi connectivity index (χ1n) is 10.3. The van der Waals surface area contributed by atoms with Crippen molar-refractivity contribution in [1.29, 1.82) is 0 Å². The van der Waals surface area contributed by atoms with Crippen molar-refractivity contribution in [2.24, 2.45) is 0 Å². The highest BCUT2D eigenvalue weighted by atomic mass is 35.5. The second-order valence-electron chi connectivity index (χ2n) is 7.04. The highest BCUT2D eigenvalue weighted by Crippen LogP contribution is 2.40. The maximum Gasteiger partial charge on any atom is 0.322 e. The molecule has 166 valence electrons. The fourth-order valence-corrected chi connectivity index (χ4v) is 3.80. The first-order chi connectivity index (χ1) is 15.0. The van der Waals surface area contributed by atoms with Gasteiger partial charge in [-0.15, -0.1) is 0 Å². The molecule has 0 spiro atoms. The number of anilines is 1. The lowest BCUT2D eigenvalue weighted by molar-refractivity contribution is -0.141. The van der Waals surface area contributed by atoms with Gasteiger partial charge in [0.15, 0.2) is 11.5 Å². The minimum atomic E-state index is -0.488. The van der Waals surface area contributed by atoms with Crippen LogP contribution in [-0.4, -0.2) is 43.8 Å². The number of methoxy groups -OCH3 is 1. The van der Waals surface area contributed by atoms with Gasteiger partial charge in [0.25, 0.3) is 0 Å². The van der Waals surface area contributed by atoms with Crippen molar-refractivity contribution < 1.29 is 23.8 Å². The van der Waals surface area contributed by atoms with Crippen LogP contribution in [0, 0.1) is 0 Å². The SMILES string of the molecule is CCOc1cc2c(cc1OCC)C(CC(=O)OC)N(C(=O)Nc1ccc(Cl)cc1)CC2. The number of carbonyl (C=O) groups is 2. The van der Waals surface area contributed by atoms with E-state index >= 15 is 0 Å². The Kier molecular flexibility index (Phi) is 7.63. The van der Waals surface area contributed by atoms with Crippen molar-refractivity contribution in [2.45, 2.75) is 32.7 Å². The number of ether oxygens (including phenoxy) is 3. The van der Waals surface area contributed by atoms with Crippen LogP contribution in [0.5, 0.6) is 11.5 Å². The highest BCUT2D eigenvalue weighted by molar-refractivity contribution is 6.30. The predicted molar refractivity (Wildman–Crippen MR) is 119 cm³/mol. The van der Waals surface area contributed by atoms with Gasteiger partial charge in [-0.1, -0.05) is 11.6 Å². The molecule has 1 atom stereocenters. The molecular weight excluding hydrogens is 420 g/mol. The van der Waals surface area contributed by atoms with E-state index in [1.165, 1.54) is 7.11 Å². The zero-order chi connectivity index (χ0) is 22.4. The Labute approximate surface area is 187 Å². The van der Waals surface area contributed by atoms with Gasteiger partial charge in [-0.2, -0.15) is 0 Å². The summed E-state index contributed by atoms with van der Waals surface area (Å²) in [4.78, 5) is 26.9. The molecule has 0 bridgehead atoms. The zero-order valence-corrected chi connectivity index (χ0v) is 18.7. The number of nitrogens with zero attached hydrogens (tertiary/aromatic N) is 1. The van der Waals surface area contributed by atoms with Crippen LogP contribution in [0.4, 0.5) is 10.5 Å². The summed E-state index contributed by atoms with van der Waals surface area (Å²) in [5, 5.41) is 3.47. The standard InChI is InChI=1S/C23H27ClN2O5/c1-4-30-20-12-15-10-11-26(23(28)25-17-8-6-16(24)7-9-17)19(14-22(27)29-3)18(15)13-21(20)31-5-2/h6-9,12-13,19H,4-5,10-11,14H2,1-3H3,(H,25,28). The highest BCUT2D eigenvalue weighted by Gasteiger charge is 2.34. The molecule has 7 nitrogen and oxygen atoms in total. The van der Waals surface area contributed by atoms with E-state index in [1.807, 2.05) is 26.0 Å². The molecule has 3 rings (SSSR count). The molecule has 0 saturated heterocycles. The van der Waals surface area contributed by atoms with Gasteiger partial charge in [0, 0.05) is 17.3 Å². The van der Waals surface area contributed by atoms with Crippen molar-refractivity contribution in [3.63, 3.8) is 0 Å². The Morgan fingerprint density at radius 3 is 2.35 bits per heavy atom. The fraction of sp³-hybridized carbons (Fsp3) is 0.391. The van der Waals surface area contributed by atoms with Crippen LogP contribution in [0.1, 0.15) is 37.4 Å². The minimum absolute atomic E-state index is 0.0388. The molecule has 0 radical (unpaired) electrons. The second kappa shape index (κ2) is 10.4. The van der Waals surface area contributed by atoms with Gasteiger partial charge in [-0.05, 0) is 67.8 Å². The molecule has 0 fully saturated rings. The summed E-state index contributed by atoms with van der Waals surface area (Å²) in [7, 11) is 1.34. The molecular formula is C23H27ClN2O5. The van der Waals surface area contributed by atoms with Gasteiger partial charge in [0.2, 0.25) is 0 Å². The van der Waals surface area contributed by atoms with Crippen LogP contribution in [0.15, 0.2) is 36.4 Å². The molecule has 1 heterocycles. The first kappa shape index (κ1) is 22.7. The summed E-state index contributed by atoms with van der Waals surface area (Å²) in [5.74, 6) is 0.867. The number of fused-ring (bicyclic) bond motifs is 1. The van der Waals surface area contributed by atoms with E-state index in [9.17, 15) is 9.59 Å². The van der Waals surface area contributed by atoms with Gasteiger partial charge in [0.05, 0.1) is 32.8 Å². The van der Waals surface area contributed by atoms with Crippen molar-refractivity contribution in [2.75, 3.05) is 32.2 Å². The fourth-order valence-electron chi connectivity index (χ4n) is 3.68. The van der Waals surface area contributed by atoms with Crippen molar-refractivity contribution in [1.82, 2.24) is 4.90 Å². The number of nitrogens with one attached hydrogen (secondary N) is 1. The maximum absolute atomic E-state index is 13.1. The van der Waals surface area contributed by atoms with Crippen LogP contribution < -0.4 is 14.8 Å². The molecule has 2 aromatic carbocycles. The van der Waals surface area contributed by atoms with E-state index in [2.05, 4.69) is 5.32 Å². The lowest BCUT2D eigenvalue weighted by Crippen LogP contribution is -2.43. The lowest BCUT2D eigenvalue weighted by atomic mass is 9.90. The van der Waals surface area contributed by atoms with Gasteiger partial charge in [-0.3, -0.25) is 4.79 Å². The molecule has 0 aromatic heterocycles. The Morgan fingerprint density at radius 1 is 1.10 bits per heavy atom. The van der Waals surface area contributed by atoms with Gasteiger partial charge < -0.3 is 24.4 Å². The molecule has 0 aliphatic carbocycles. The van der Waals surface area contributed by atoms with Crippen molar-refractivity contribution in [3.8, 4) is 11.5 Å². The number of hydrogen-bond donors (Lipinski definition) is 1. The van der Waals surface area contributed by atoms with Crippen LogP contribution in [0.25, 0.3) is 0 Å². The molecule has 1 unspecified atom stereocenters. The number of esters is 1. The number of urea groups is 1. The quantitative estimate of drug-likeness (QED) is 0.616. The van der Waals surface area contributed by atoms with E-state index < -0.39 is 12.0 Å². The van der Waals surface area contributed by atoms with E-state index in [0.717, 1.165) is 11.1 Å². The Morgan fingerprint density at radius 2 is 1.74 bits per heavy atom. The Bertz CT molecular complexity index is 932. The van der Waals surface area contributed by atoms with E-state index in [0.29, 0.717) is 48.4 Å². The third-order valence-electron chi connectivity index (χ3n) is 5.11. The third kappa shape index (κ3) is 5.41.